The number of aryl methyl sites for hydroxylation is 1. The molecule has 2 aliphatic rings. The molecule has 0 saturated carbocycles. The highest BCUT2D eigenvalue weighted by molar-refractivity contribution is 7.83. The van der Waals surface area contributed by atoms with Gasteiger partial charge < -0.3 is 19.3 Å². The Balaban J connectivity index is 1.62. The lowest BCUT2D eigenvalue weighted by molar-refractivity contribution is -0.0936. The van der Waals surface area contributed by atoms with E-state index in [1.165, 1.54) is 10.8 Å². The largest absolute Gasteiger partial charge is 0.379 e. The lowest BCUT2D eigenvalue weighted by atomic mass is 10.3. The Hall–Kier alpha value is -1.00. The van der Waals surface area contributed by atoms with Crippen LogP contribution in [0.5, 0.6) is 0 Å². The van der Waals surface area contributed by atoms with E-state index in [0.717, 1.165) is 0 Å². The van der Waals surface area contributed by atoms with Crippen LogP contribution in [0.25, 0.3) is 0 Å². The highest BCUT2D eigenvalue weighted by Gasteiger charge is 2.33. The summed E-state index contributed by atoms with van der Waals surface area (Å²) in [4.78, 5) is 25.8. The summed E-state index contributed by atoms with van der Waals surface area (Å²) in [6, 6.07) is 0. The number of nitrogens with zero attached hydrogens (tertiary/aromatic N) is 2. The molecule has 2 aliphatic heterocycles. The summed E-state index contributed by atoms with van der Waals surface area (Å²) in [6.07, 6.45) is 0.399. The first kappa shape index (κ1) is 19.8. The van der Waals surface area contributed by atoms with Gasteiger partial charge in [-0.1, -0.05) is 0 Å². The van der Waals surface area contributed by atoms with Crippen LogP contribution >= 0.6 is 18.1 Å². The van der Waals surface area contributed by atoms with E-state index in [0.29, 0.717) is 45.0 Å². The summed E-state index contributed by atoms with van der Waals surface area (Å²) in [5.74, 6) is 0. The van der Waals surface area contributed by atoms with Gasteiger partial charge in [0.15, 0.2) is 6.23 Å². The molecule has 2 fully saturated rings. The van der Waals surface area contributed by atoms with Crippen molar-refractivity contribution in [2.24, 2.45) is 0 Å². The van der Waals surface area contributed by atoms with Gasteiger partial charge in [-0.3, -0.25) is 18.9 Å². The first-order chi connectivity index (χ1) is 12.4. The summed E-state index contributed by atoms with van der Waals surface area (Å²) < 4.78 is 32.0. The number of ether oxygens (including phenoxy) is 2. The fraction of sp³-hybridized carbons (Fsp3) is 0.714. The molecule has 3 unspecified atom stereocenters. The minimum Gasteiger partial charge on any atom is -0.379 e. The maximum atomic E-state index is 12.5. The number of H-pyrrole nitrogens is 1. The lowest BCUT2D eigenvalue weighted by Gasteiger charge is -2.34. The van der Waals surface area contributed by atoms with Crippen molar-refractivity contribution in [2.75, 3.05) is 46.0 Å². The van der Waals surface area contributed by atoms with E-state index < -0.39 is 30.5 Å². The second-order valence-electron chi connectivity index (χ2n) is 6.16. The average molecular weight is 409 g/mol. The number of hydrogen-bond donors (Lipinski definition) is 2. The second-order valence-corrected chi connectivity index (χ2v) is 9.17. The van der Waals surface area contributed by atoms with Crippen LogP contribution in [0.2, 0.25) is 0 Å². The third kappa shape index (κ3) is 4.64. The number of nitrogens with one attached hydrogen (secondary N) is 2. The van der Waals surface area contributed by atoms with Gasteiger partial charge in [-0.25, -0.2) is 9.46 Å². The van der Waals surface area contributed by atoms with Gasteiger partial charge in [0.25, 0.3) is 5.56 Å². The highest BCUT2D eigenvalue weighted by atomic mass is 35.7. The molecule has 3 rings (SSSR count). The molecule has 1 aromatic heterocycles. The van der Waals surface area contributed by atoms with E-state index in [4.69, 9.17) is 25.2 Å². The van der Waals surface area contributed by atoms with Crippen molar-refractivity contribution in [3.63, 3.8) is 0 Å². The molecule has 0 amide bonds. The van der Waals surface area contributed by atoms with Crippen LogP contribution in [0.3, 0.4) is 0 Å². The highest BCUT2D eigenvalue weighted by Crippen LogP contribution is 2.56. The number of hydrogen-bond acceptors (Lipinski definition) is 7. The molecular weight excluding hydrogens is 387 g/mol. The van der Waals surface area contributed by atoms with Crippen LogP contribution in [0, 0.1) is 6.92 Å². The molecule has 0 aliphatic carbocycles. The van der Waals surface area contributed by atoms with E-state index in [9.17, 15) is 14.2 Å². The van der Waals surface area contributed by atoms with Crippen molar-refractivity contribution < 1.29 is 18.6 Å². The normalized spacial score (nSPS) is 27.2. The van der Waals surface area contributed by atoms with Crippen molar-refractivity contribution in [3.8, 4) is 0 Å². The lowest BCUT2D eigenvalue weighted by Crippen LogP contribution is -2.47. The van der Waals surface area contributed by atoms with Crippen LogP contribution in [-0.2, 0) is 18.6 Å². The Morgan fingerprint density at radius 1 is 1.35 bits per heavy atom. The number of halogens is 1. The quantitative estimate of drug-likeness (QED) is 0.656. The molecule has 2 saturated heterocycles. The zero-order valence-electron chi connectivity index (χ0n) is 14.4. The average Bonchev–Trinajstić information content (AvgIpc) is 2.64. The molecule has 2 N–H and O–H groups in total. The summed E-state index contributed by atoms with van der Waals surface area (Å²) in [7, 11) is 0. The minimum absolute atomic E-state index is 0.0126. The van der Waals surface area contributed by atoms with Gasteiger partial charge in [0.05, 0.1) is 25.9 Å². The first-order valence-electron chi connectivity index (χ1n) is 8.32. The van der Waals surface area contributed by atoms with Crippen LogP contribution in [0.15, 0.2) is 15.8 Å². The van der Waals surface area contributed by atoms with E-state index in [2.05, 4.69) is 10.3 Å². The second kappa shape index (κ2) is 8.35. The molecule has 0 bridgehead atoms. The molecule has 3 heterocycles. The SMILES string of the molecule is Cc1cn(C2CNCC(COP(=O)(Cl)N3CCOCC3)O2)c(=O)[nH]c1=O. The maximum absolute atomic E-state index is 12.5. The molecule has 146 valence electrons. The molecule has 0 spiro atoms. The Morgan fingerprint density at radius 3 is 2.81 bits per heavy atom. The third-order valence-electron chi connectivity index (χ3n) is 4.24. The maximum Gasteiger partial charge on any atom is 0.363 e. The van der Waals surface area contributed by atoms with Crippen LogP contribution in [0.4, 0.5) is 0 Å². The zero-order valence-corrected chi connectivity index (χ0v) is 16.0. The Kier molecular flexibility index (Phi) is 6.34. The van der Waals surface area contributed by atoms with Gasteiger partial charge in [0, 0.05) is 37.9 Å². The van der Waals surface area contributed by atoms with Crippen LogP contribution in [0.1, 0.15) is 11.8 Å². The van der Waals surface area contributed by atoms with E-state index in [1.807, 2.05) is 0 Å². The van der Waals surface area contributed by atoms with Crippen molar-refractivity contribution in [1.82, 2.24) is 19.5 Å². The first-order valence-corrected chi connectivity index (χ1v) is 10.8. The Bertz CT molecular complexity index is 792. The molecule has 1 aromatic rings. The summed E-state index contributed by atoms with van der Waals surface area (Å²) in [5.41, 5.74) is -0.571. The van der Waals surface area contributed by atoms with Crippen molar-refractivity contribution in [3.05, 3.63) is 32.6 Å². The van der Waals surface area contributed by atoms with E-state index >= 15 is 0 Å². The van der Waals surface area contributed by atoms with E-state index in [1.54, 1.807) is 11.6 Å². The third-order valence-corrected chi connectivity index (χ3v) is 6.72. The Labute approximate surface area is 154 Å². The van der Waals surface area contributed by atoms with Gasteiger partial charge in [-0.2, -0.15) is 0 Å². The number of aromatic amines is 1. The van der Waals surface area contributed by atoms with Gasteiger partial charge in [-0.05, 0) is 18.2 Å². The minimum atomic E-state index is -3.45. The fourth-order valence-corrected chi connectivity index (χ4v) is 4.57. The predicted molar refractivity (Wildman–Crippen MR) is 94.6 cm³/mol. The molecule has 0 aromatic carbocycles. The van der Waals surface area contributed by atoms with Crippen molar-refractivity contribution in [1.29, 1.82) is 0 Å². The molecule has 26 heavy (non-hydrogen) atoms. The van der Waals surface area contributed by atoms with Crippen molar-refractivity contribution in [2.45, 2.75) is 19.3 Å². The molecule has 12 heteroatoms. The number of aromatic nitrogens is 2. The summed E-state index contributed by atoms with van der Waals surface area (Å²) >= 11 is 6.08. The topological polar surface area (TPSA) is 115 Å². The summed E-state index contributed by atoms with van der Waals surface area (Å²) in [5, 5.41) is 3.14. The van der Waals surface area contributed by atoms with Crippen LogP contribution < -0.4 is 16.6 Å². The van der Waals surface area contributed by atoms with Crippen molar-refractivity contribution >= 4 is 18.1 Å². The monoisotopic (exact) mass is 408 g/mol. The molecule has 10 nitrogen and oxygen atoms in total. The molecular formula is C14H22ClN4O6P. The number of rotatable bonds is 5. The van der Waals surface area contributed by atoms with Gasteiger partial charge in [0.1, 0.15) is 0 Å². The molecule has 3 atom stereocenters. The van der Waals surface area contributed by atoms with Gasteiger partial charge in [-0.15, -0.1) is 0 Å². The van der Waals surface area contributed by atoms with E-state index in [-0.39, 0.29) is 6.61 Å². The zero-order chi connectivity index (χ0) is 18.7. The van der Waals surface area contributed by atoms with Crippen LogP contribution in [-0.4, -0.2) is 66.3 Å². The fourth-order valence-electron chi connectivity index (χ4n) is 2.80. The van der Waals surface area contributed by atoms with Gasteiger partial charge >= 0.3 is 12.6 Å². The predicted octanol–water partition coefficient (Wildman–Crippen LogP) is 0.0277. The smallest absolute Gasteiger partial charge is 0.363 e. The number of morpholine rings is 2. The standard InChI is InChI=1S/C14H22ClN4O6P/c1-10-8-19(14(21)17-13(10)20)12-7-16-6-11(25-12)9-24-26(15,22)18-2-4-23-5-3-18/h8,11-12,16H,2-7,9H2,1H3,(H,17,20,21). The summed E-state index contributed by atoms with van der Waals surface area (Å²) in [6.45, 7) is 0.832. The molecule has 0 radical (unpaired) electrons. The van der Waals surface area contributed by atoms with Gasteiger partial charge in [0.2, 0.25) is 0 Å². The Morgan fingerprint density at radius 2 is 2.08 bits per heavy atom.